The maximum absolute atomic E-state index is 6.07. The van der Waals surface area contributed by atoms with Crippen molar-refractivity contribution < 1.29 is 4.74 Å². The van der Waals surface area contributed by atoms with E-state index in [2.05, 4.69) is 23.0 Å². The van der Waals surface area contributed by atoms with E-state index in [1.165, 1.54) is 32.1 Å². The highest BCUT2D eigenvalue weighted by Gasteiger charge is 2.15. The van der Waals surface area contributed by atoms with Crippen LogP contribution in [0.25, 0.3) is 0 Å². The molecule has 3 rings (SSSR count). The highest BCUT2D eigenvalue weighted by atomic mass is 16.5. The summed E-state index contributed by atoms with van der Waals surface area (Å²) in [6.07, 6.45) is 12.7. The summed E-state index contributed by atoms with van der Waals surface area (Å²) >= 11 is 0. The van der Waals surface area contributed by atoms with Gasteiger partial charge in [0.25, 0.3) is 0 Å². The van der Waals surface area contributed by atoms with Gasteiger partial charge in [-0.1, -0.05) is 31.9 Å². The third kappa shape index (κ3) is 4.84. The Labute approximate surface area is 150 Å². The van der Waals surface area contributed by atoms with Crippen molar-refractivity contribution in [3.05, 3.63) is 48.5 Å². The predicted molar refractivity (Wildman–Crippen MR) is 101 cm³/mol. The van der Waals surface area contributed by atoms with E-state index in [9.17, 15) is 0 Å². The fourth-order valence-electron chi connectivity index (χ4n) is 3.05. The Morgan fingerprint density at radius 2 is 2.00 bits per heavy atom. The van der Waals surface area contributed by atoms with Crippen LogP contribution in [-0.4, -0.2) is 40.1 Å². The minimum absolute atomic E-state index is 0.742. The summed E-state index contributed by atoms with van der Waals surface area (Å²) in [7, 11) is 0. The van der Waals surface area contributed by atoms with E-state index in [1.54, 1.807) is 12.5 Å². The Morgan fingerprint density at radius 3 is 2.76 bits per heavy atom. The van der Waals surface area contributed by atoms with Gasteiger partial charge in [-0.25, -0.2) is 4.98 Å². The molecule has 1 aliphatic heterocycles. The zero-order valence-corrected chi connectivity index (χ0v) is 15.1. The molecule has 5 heteroatoms. The number of aromatic nitrogens is 2. The molecule has 0 aliphatic carbocycles. The Morgan fingerprint density at radius 1 is 1.16 bits per heavy atom. The number of hydrogen-bond donors (Lipinski definition) is 0. The molecule has 25 heavy (non-hydrogen) atoms. The van der Waals surface area contributed by atoms with Gasteiger partial charge in [-0.05, 0) is 37.8 Å². The lowest BCUT2D eigenvalue weighted by molar-refractivity contribution is 0.238. The Balaban J connectivity index is 1.87. The topological polar surface area (TPSA) is 42.6 Å². The molecule has 0 unspecified atom stereocenters. The zero-order valence-electron chi connectivity index (χ0n) is 15.1. The van der Waals surface area contributed by atoms with E-state index in [4.69, 9.17) is 9.84 Å². The molecule has 2 heterocycles. The third-order valence-corrected chi connectivity index (χ3v) is 4.45. The van der Waals surface area contributed by atoms with Gasteiger partial charge in [-0.2, -0.15) is 5.10 Å². The average Bonchev–Trinajstić information content (AvgIpc) is 3.19. The number of piperidine rings is 1. The first kappa shape index (κ1) is 17.5. The van der Waals surface area contributed by atoms with Crippen molar-refractivity contribution in [2.45, 2.75) is 45.4 Å². The molecule has 1 aliphatic rings. The maximum atomic E-state index is 6.07. The minimum Gasteiger partial charge on any atom is -0.493 e. The third-order valence-electron chi connectivity index (χ3n) is 4.45. The van der Waals surface area contributed by atoms with Gasteiger partial charge in [0.1, 0.15) is 12.1 Å². The lowest BCUT2D eigenvalue weighted by Crippen LogP contribution is -2.28. The van der Waals surface area contributed by atoms with Gasteiger partial charge in [-0.15, -0.1) is 0 Å². The largest absolute Gasteiger partial charge is 0.493 e. The number of hydrazone groups is 1. The molecule has 1 fully saturated rings. The van der Waals surface area contributed by atoms with Crippen LogP contribution in [0.15, 0.2) is 48.1 Å². The Hall–Kier alpha value is -2.30. The summed E-state index contributed by atoms with van der Waals surface area (Å²) in [5.41, 5.74) is 1.02. The second-order valence-corrected chi connectivity index (χ2v) is 6.46. The highest BCUT2D eigenvalue weighted by Crippen LogP contribution is 2.21. The molecule has 0 bridgehead atoms. The number of nitrogens with zero attached hydrogens (tertiary/aromatic N) is 4. The van der Waals surface area contributed by atoms with Crippen LogP contribution < -0.4 is 4.74 Å². The van der Waals surface area contributed by atoms with Gasteiger partial charge in [-0.3, -0.25) is 9.58 Å². The lowest BCUT2D eigenvalue weighted by atomic mass is 10.1. The summed E-state index contributed by atoms with van der Waals surface area (Å²) in [5.74, 6) is 1.77. The van der Waals surface area contributed by atoms with Crippen LogP contribution in [0.3, 0.4) is 0 Å². The number of hydrogen-bond acceptors (Lipinski definition) is 4. The molecule has 0 saturated carbocycles. The fraction of sp³-hybridized carbons (Fsp3) is 0.500. The first-order chi connectivity index (χ1) is 12.4. The van der Waals surface area contributed by atoms with Gasteiger partial charge in [0.2, 0.25) is 0 Å². The fourth-order valence-corrected chi connectivity index (χ4v) is 3.05. The first-order valence-electron chi connectivity index (χ1n) is 9.42. The van der Waals surface area contributed by atoms with Crippen molar-refractivity contribution >= 4 is 5.84 Å². The minimum atomic E-state index is 0.742. The second-order valence-electron chi connectivity index (χ2n) is 6.46. The molecule has 0 N–H and O–H groups in total. The summed E-state index contributed by atoms with van der Waals surface area (Å²) in [6.45, 7) is 4.97. The van der Waals surface area contributed by atoms with Crippen LogP contribution in [-0.2, 0) is 0 Å². The van der Waals surface area contributed by atoms with Gasteiger partial charge in [0, 0.05) is 25.5 Å². The summed E-state index contributed by atoms with van der Waals surface area (Å²) in [4.78, 5) is 4.20. The standard InChI is InChI=1S/C20H28N4O/c1-2-3-9-16-25-19-11-6-5-10-18(19)20(23-15-12-21-17-23)22-24-13-7-4-8-14-24/h5-6,10-12,15,17H,2-4,7-9,13-14,16H2,1H3/b22-20+. The number of benzene rings is 1. The van der Waals surface area contributed by atoms with Crippen molar-refractivity contribution in [2.75, 3.05) is 19.7 Å². The lowest BCUT2D eigenvalue weighted by Gasteiger charge is -2.25. The van der Waals surface area contributed by atoms with Gasteiger partial charge >= 0.3 is 0 Å². The number of rotatable bonds is 7. The van der Waals surface area contributed by atoms with Crippen molar-refractivity contribution in [1.82, 2.24) is 14.6 Å². The van der Waals surface area contributed by atoms with Crippen molar-refractivity contribution in [3.8, 4) is 5.75 Å². The number of imidazole rings is 1. The van der Waals surface area contributed by atoms with Crippen LogP contribution in [0.2, 0.25) is 0 Å². The molecular formula is C20H28N4O. The van der Waals surface area contributed by atoms with E-state index in [0.717, 1.165) is 43.3 Å². The molecule has 5 nitrogen and oxygen atoms in total. The SMILES string of the molecule is CCCCCOc1ccccc1/C(=N\N1CCCCC1)n1ccnc1. The summed E-state index contributed by atoms with van der Waals surface area (Å²) < 4.78 is 8.05. The summed E-state index contributed by atoms with van der Waals surface area (Å²) in [5, 5.41) is 7.12. The van der Waals surface area contributed by atoms with E-state index < -0.39 is 0 Å². The molecule has 0 amide bonds. The molecule has 0 radical (unpaired) electrons. The molecule has 2 aromatic rings. The Bertz CT molecular complexity index is 660. The van der Waals surface area contributed by atoms with E-state index >= 15 is 0 Å². The van der Waals surface area contributed by atoms with Crippen LogP contribution >= 0.6 is 0 Å². The first-order valence-corrected chi connectivity index (χ1v) is 9.42. The van der Waals surface area contributed by atoms with Crippen LogP contribution in [0.5, 0.6) is 5.75 Å². The Kier molecular flexibility index (Phi) is 6.48. The van der Waals surface area contributed by atoms with Gasteiger partial charge in [0.15, 0.2) is 5.84 Å². The van der Waals surface area contributed by atoms with Crippen molar-refractivity contribution in [1.29, 1.82) is 0 Å². The average molecular weight is 340 g/mol. The summed E-state index contributed by atoms with van der Waals surface area (Å²) in [6, 6.07) is 8.17. The molecule has 1 aromatic heterocycles. The number of ether oxygens (including phenoxy) is 1. The quantitative estimate of drug-likeness (QED) is 0.432. The normalized spacial score (nSPS) is 15.4. The van der Waals surface area contributed by atoms with Crippen LogP contribution in [0.4, 0.5) is 0 Å². The molecule has 1 aromatic carbocycles. The molecule has 1 saturated heterocycles. The molecule has 0 spiro atoms. The molecule has 134 valence electrons. The number of unbranched alkanes of at least 4 members (excludes halogenated alkanes) is 2. The van der Waals surface area contributed by atoms with E-state index in [-0.39, 0.29) is 0 Å². The van der Waals surface area contributed by atoms with Crippen molar-refractivity contribution in [2.24, 2.45) is 5.10 Å². The van der Waals surface area contributed by atoms with Gasteiger partial charge in [0.05, 0.1) is 12.2 Å². The monoisotopic (exact) mass is 340 g/mol. The van der Waals surface area contributed by atoms with Crippen LogP contribution in [0, 0.1) is 0 Å². The second kappa shape index (κ2) is 9.25. The van der Waals surface area contributed by atoms with E-state index in [1.807, 2.05) is 29.0 Å². The zero-order chi connectivity index (χ0) is 17.3. The highest BCUT2D eigenvalue weighted by molar-refractivity contribution is 6.02. The van der Waals surface area contributed by atoms with Crippen LogP contribution in [0.1, 0.15) is 51.0 Å². The maximum Gasteiger partial charge on any atom is 0.169 e. The van der Waals surface area contributed by atoms with Gasteiger partial charge < -0.3 is 4.74 Å². The predicted octanol–water partition coefficient (Wildman–Crippen LogP) is 4.15. The smallest absolute Gasteiger partial charge is 0.169 e. The van der Waals surface area contributed by atoms with Crippen molar-refractivity contribution in [3.63, 3.8) is 0 Å². The van der Waals surface area contributed by atoms with E-state index in [0.29, 0.717) is 0 Å². The molecular weight excluding hydrogens is 312 g/mol. The molecule has 0 atom stereocenters. The number of para-hydroxylation sites is 1.